The van der Waals surface area contributed by atoms with E-state index in [1.807, 2.05) is 11.4 Å². The molecule has 0 aliphatic carbocycles. The molecule has 0 radical (unpaired) electrons. The zero-order valence-corrected chi connectivity index (χ0v) is 15.8. The Morgan fingerprint density at radius 2 is 1.96 bits per heavy atom. The molecule has 2 heterocycles. The van der Waals surface area contributed by atoms with Gasteiger partial charge in [0, 0.05) is 17.1 Å². The van der Waals surface area contributed by atoms with Gasteiger partial charge in [0.1, 0.15) is 0 Å². The molecule has 1 aromatic heterocycles. The molecule has 0 bridgehead atoms. The predicted molar refractivity (Wildman–Crippen MR) is 97.2 cm³/mol. The van der Waals surface area contributed by atoms with Crippen molar-refractivity contribution in [2.24, 2.45) is 0 Å². The van der Waals surface area contributed by atoms with Crippen LogP contribution in [0.5, 0.6) is 0 Å². The summed E-state index contributed by atoms with van der Waals surface area (Å²) in [4.78, 5) is 2.65. The number of sulfonamides is 1. The predicted octanol–water partition coefficient (Wildman–Crippen LogP) is 3.63. The van der Waals surface area contributed by atoms with E-state index in [4.69, 9.17) is 0 Å². The van der Waals surface area contributed by atoms with Gasteiger partial charge in [-0.3, -0.25) is 4.90 Å². The number of rotatable bonds is 6. The smallest absolute Gasteiger partial charge is 0.241 e. The van der Waals surface area contributed by atoms with E-state index >= 15 is 0 Å². The van der Waals surface area contributed by atoms with Gasteiger partial charge in [0.15, 0.2) is 0 Å². The fourth-order valence-corrected chi connectivity index (χ4v) is 5.65. The lowest BCUT2D eigenvalue weighted by atomic mass is 10.1. The van der Waals surface area contributed by atoms with Crippen molar-refractivity contribution in [3.05, 3.63) is 51.1 Å². The van der Waals surface area contributed by atoms with Crippen LogP contribution >= 0.6 is 27.3 Å². The Bertz CT molecular complexity index is 741. The van der Waals surface area contributed by atoms with Crippen LogP contribution in [0.4, 0.5) is 0 Å². The van der Waals surface area contributed by atoms with Gasteiger partial charge in [-0.15, -0.1) is 0 Å². The maximum atomic E-state index is 12.6. The summed E-state index contributed by atoms with van der Waals surface area (Å²) in [5.41, 5.74) is 1.19. The Balaban J connectivity index is 1.77. The molecule has 3 rings (SSSR count). The molecular weight excluding hydrogens is 396 g/mol. The molecule has 1 saturated heterocycles. The normalized spacial score (nSPS) is 17.4. The number of likely N-dealkylation sites (tertiary alicyclic amines) is 1. The van der Waals surface area contributed by atoms with Gasteiger partial charge in [-0.05, 0) is 76.4 Å². The quantitative estimate of drug-likeness (QED) is 0.784. The second-order valence-electron chi connectivity index (χ2n) is 5.60. The van der Waals surface area contributed by atoms with Crippen LogP contribution in [0.1, 0.15) is 24.4 Å². The Morgan fingerprint density at radius 3 is 2.61 bits per heavy atom. The number of nitrogens with zero attached hydrogens (tertiary/aromatic N) is 1. The summed E-state index contributed by atoms with van der Waals surface area (Å²) >= 11 is 4.96. The third-order valence-corrected chi connectivity index (χ3v) is 7.24. The highest BCUT2D eigenvalue weighted by Gasteiger charge is 2.26. The Hall–Kier alpha value is -0.730. The number of nitrogens with one attached hydrogen (secondary N) is 1. The summed E-state index contributed by atoms with van der Waals surface area (Å²) in [5.74, 6) is 0. The van der Waals surface area contributed by atoms with E-state index in [-0.39, 0.29) is 10.9 Å². The minimum Gasteiger partial charge on any atom is -0.295 e. The lowest BCUT2D eigenvalue weighted by Crippen LogP contribution is -2.36. The lowest BCUT2D eigenvalue weighted by Gasteiger charge is -2.27. The Labute approximate surface area is 149 Å². The Morgan fingerprint density at radius 1 is 1.22 bits per heavy atom. The van der Waals surface area contributed by atoms with Crippen molar-refractivity contribution in [1.29, 1.82) is 0 Å². The molecule has 1 fully saturated rings. The molecule has 1 atom stereocenters. The summed E-state index contributed by atoms with van der Waals surface area (Å²) < 4.78 is 28.5. The Kier molecular flexibility index (Phi) is 5.53. The first-order valence-corrected chi connectivity index (χ1v) is 10.8. The van der Waals surface area contributed by atoms with Crippen LogP contribution in [0.3, 0.4) is 0 Å². The largest absolute Gasteiger partial charge is 0.295 e. The second kappa shape index (κ2) is 7.44. The maximum Gasteiger partial charge on any atom is 0.241 e. The van der Waals surface area contributed by atoms with Crippen molar-refractivity contribution >= 4 is 37.3 Å². The van der Waals surface area contributed by atoms with E-state index in [1.54, 1.807) is 29.5 Å². The number of thiophene rings is 1. The van der Waals surface area contributed by atoms with E-state index in [2.05, 4.69) is 37.0 Å². The number of hydrogen-bond acceptors (Lipinski definition) is 4. The molecule has 1 unspecified atom stereocenters. The summed E-state index contributed by atoms with van der Waals surface area (Å²) in [7, 11) is -3.53. The summed E-state index contributed by atoms with van der Waals surface area (Å²) in [6.07, 6.45) is 2.36. The van der Waals surface area contributed by atoms with Gasteiger partial charge in [0.25, 0.3) is 0 Å². The van der Waals surface area contributed by atoms with Crippen molar-refractivity contribution in [1.82, 2.24) is 9.62 Å². The zero-order valence-electron chi connectivity index (χ0n) is 12.6. The molecule has 0 saturated carbocycles. The van der Waals surface area contributed by atoms with Gasteiger partial charge >= 0.3 is 0 Å². The van der Waals surface area contributed by atoms with Gasteiger partial charge in [0.2, 0.25) is 10.0 Å². The first kappa shape index (κ1) is 17.1. The van der Waals surface area contributed by atoms with Crippen molar-refractivity contribution in [3.63, 3.8) is 0 Å². The zero-order chi connectivity index (χ0) is 16.3. The van der Waals surface area contributed by atoms with Crippen molar-refractivity contribution in [3.8, 4) is 0 Å². The molecule has 4 nitrogen and oxygen atoms in total. The van der Waals surface area contributed by atoms with Crippen LogP contribution in [0.2, 0.25) is 0 Å². The standard InChI is InChI=1S/C16H19BrN2O2S2/c17-14-5-1-2-6-16(14)23(20,21)18-11-15(13-7-10-22-12-13)19-8-3-4-9-19/h1-2,5-7,10,12,15,18H,3-4,8-9,11H2. The lowest BCUT2D eigenvalue weighted by molar-refractivity contribution is 0.247. The monoisotopic (exact) mass is 414 g/mol. The van der Waals surface area contributed by atoms with Crippen molar-refractivity contribution in [2.45, 2.75) is 23.8 Å². The number of hydrogen-bond donors (Lipinski definition) is 1. The van der Waals surface area contributed by atoms with Crippen molar-refractivity contribution in [2.75, 3.05) is 19.6 Å². The average Bonchev–Trinajstić information content (AvgIpc) is 3.21. The van der Waals surface area contributed by atoms with E-state index in [1.165, 1.54) is 18.4 Å². The second-order valence-corrected chi connectivity index (χ2v) is 8.97. The molecule has 1 N–H and O–H groups in total. The fourth-order valence-electron chi connectivity index (χ4n) is 2.90. The SMILES string of the molecule is O=S(=O)(NCC(c1ccsc1)N1CCCC1)c1ccccc1Br. The highest BCUT2D eigenvalue weighted by atomic mass is 79.9. The van der Waals surface area contributed by atoms with Crippen LogP contribution < -0.4 is 4.72 Å². The maximum absolute atomic E-state index is 12.6. The van der Waals surface area contributed by atoms with Gasteiger partial charge < -0.3 is 0 Å². The molecule has 7 heteroatoms. The van der Waals surface area contributed by atoms with Crippen LogP contribution in [0.25, 0.3) is 0 Å². The van der Waals surface area contributed by atoms with Crippen LogP contribution in [0, 0.1) is 0 Å². The summed E-state index contributed by atoms with van der Waals surface area (Å²) in [5, 5.41) is 4.15. The van der Waals surface area contributed by atoms with Gasteiger partial charge in [-0.2, -0.15) is 11.3 Å². The molecule has 23 heavy (non-hydrogen) atoms. The summed E-state index contributed by atoms with van der Waals surface area (Å²) in [6.45, 7) is 2.44. The van der Waals surface area contributed by atoms with E-state index in [0.29, 0.717) is 11.0 Å². The third-order valence-electron chi connectivity index (χ3n) is 4.10. The third kappa shape index (κ3) is 4.03. The van der Waals surface area contributed by atoms with E-state index < -0.39 is 10.0 Å². The first-order valence-electron chi connectivity index (χ1n) is 7.58. The van der Waals surface area contributed by atoms with E-state index in [0.717, 1.165) is 13.1 Å². The van der Waals surface area contributed by atoms with E-state index in [9.17, 15) is 8.42 Å². The minimum atomic E-state index is -3.53. The first-order chi connectivity index (χ1) is 11.1. The number of halogens is 1. The van der Waals surface area contributed by atoms with Crippen LogP contribution in [-0.2, 0) is 10.0 Å². The number of benzene rings is 1. The molecule has 1 aromatic carbocycles. The molecule has 1 aliphatic heterocycles. The molecule has 2 aromatic rings. The molecule has 124 valence electrons. The van der Waals surface area contributed by atoms with Gasteiger partial charge in [0.05, 0.1) is 4.90 Å². The molecule has 0 amide bonds. The molecule has 0 spiro atoms. The average molecular weight is 415 g/mol. The van der Waals surface area contributed by atoms with Gasteiger partial charge in [-0.25, -0.2) is 13.1 Å². The molecule has 1 aliphatic rings. The minimum absolute atomic E-state index is 0.0982. The van der Waals surface area contributed by atoms with Crippen LogP contribution in [0.15, 0.2) is 50.5 Å². The fraction of sp³-hybridized carbons (Fsp3) is 0.375. The topological polar surface area (TPSA) is 49.4 Å². The van der Waals surface area contributed by atoms with Crippen LogP contribution in [-0.4, -0.2) is 33.0 Å². The highest BCUT2D eigenvalue weighted by Crippen LogP contribution is 2.27. The van der Waals surface area contributed by atoms with Gasteiger partial charge in [-0.1, -0.05) is 12.1 Å². The summed E-state index contributed by atoms with van der Waals surface area (Å²) in [6, 6.07) is 9.08. The highest BCUT2D eigenvalue weighted by molar-refractivity contribution is 9.10. The van der Waals surface area contributed by atoms with Crippen molar-refractivity contribution < 1.29 is 8.42 Å². The molecular formula is C16H19BrN2O2S2.